The fourth-order valence-corrected chi connectivity index (χ4v) is 0.205. The first-order valence-electron chi connectivity index (χ1n) is 3.35. The van der Waals surface area contributed by atoms with Gasteiger partial charge < -0.3 is 43.8 Å². The van der Waals surface area contributed by atoms with Crippen molar-refractivity contribution >= 4 is 23.3 Å². The first-order valence-corrected chi connectivity index (χ1v) is 3.35. The molecule has 0 unspecified atom stereocenters. The maximum absolute atomic E-state index is 7.83. The molecule has 0 aliphatic rings. The summed E-state index contributed by atoms with van der Waals surface area (Å²) in [5.74, 6) is -1.64. The molecule has 0 bridgehead atoms. The Balaban J connectivity index is -0.000000218. The summed E-state index contributed by atoms with van der Waals surface area (Å²) in [4.78, 5) is 0. The third-order valence-corrected chi connectivity index (χ3v) is 0.956. The molecule has 0 fully saturated rings. The average Bonchev–Trinajstić information content (AvgIpc) is 2.35. The number of nitrogens with zero attached hydrogens (tertiary/aromatic N) is 4. The van der Waals surface area contributed by atoms with Gasteiger partial charge in [0.15, 0.2) is 0 Å². The summed E-state index contributed by atoms with van der Waals surface area (Å²) < 4.78 is 0. The van der Waals surface area contributed by atoms with Gasteiger partial charge in [0.25, 0.3) is 0 Å². The molecule has 12 nitrogen and oxygen atoms in total. The normalized spacial score (nSPS) is 13.2. The van der Waals surface area contributed by atoms with Crippen LogP contribution in [0.3, 0.4) is 0 Å². The number of hydrogen-bond acceptors (Lipinski definition) is 8. The van der Waals surface area contributed by atoms with Crippen LogP contribution < -0.4 is 22.9 Å². The van der Waals surface area contributed by atoms with Crippen LogP contribution in [-0.2, 0) is 21.1 Å². The summed E-state index contributed by atoms with van der Waals surface area (Å²) in [6.07, 6.45) is 0. The molecule has 13 heteroatoms. The zero-order chi connectivity index (χ0) is 13.1. The molecule has 0 atom stereocenters. The van der Waals surface area contributed by atoms with Gasteiger partial charge in [0.05, 0.1) is 0 Å². The van der Waals surface area contributed by atoms with Crippen molar-refractivity contribution in [3.63, 3.8) is 0 Å². The van der Waals surface area contributed by atoms with E-state index >= 15 is 0 Å². The van der Waals surface area contributed by atoms with E-state index in [1.807, 2.05) is 0 Å². The van der Waals surface area contributed by atoms with E-state index < -0.39 is 23.3 Å². The maximum atomic E-state index is 7.83. The Labute approximate surface area is 109 Å². The maximum Gasteiger partial charge on any atom is 0.208 e. The Morgan fingerprint density at radius 2 is 0.647 bits per heavy atom. The Morgan fingerprint density at radius 3 is 0.706 bits per heavy atom. The Bertz CT molecular complexity index is 261. The summed E-state index contributed by atoms with van der Waals surface area (Å²) in [6.45, 7) is 0. The minimum absolute atomic E-state index is 0. The molecule has 12 N–H and O–H groups in total. The van der Waals surface area contributed by atoms with Gasteiger partial charge in [-0.05, 0) is 0 Å². The molecule has 0 radical (unpaired) electrons. The van der Waals surface area contributed by atoms with E-state index in [4.69, 9.17) is 43.8 Å². The zero-order valence-electron chi connectivity index (χ0n) is 8.20. The van der Waals surface area contributed by atoms with Gasteiger partial charge in [-0.15, -0.1) is 0 Å². The third kappa shape index (κ3) is 10.1. The van der Waals surface area contributed by atoms with Crippen molar-refractivity contribution in [2.24, 2.45) is 43.6 Å². The van der Waals surface area contributed by atoms with E-state index in [-0.39, 0.29) is 21.1 Å². The van der Waals surface area contributed by atoms with E-state index in [9.17, 15) is 0 Å². The smallest absolute Gasteiger partial charge is 0.208 e. The first-order chi connectivity index (χ1) is 7.44. The van der Waals surface area contributed by atoms with E-state index in [1.54, 1.807) is 0 Å². The standard InChI is InChI=1S/2C2H6N4O2.Pt/c2*3-1(5-7)2(4)6-8;/h2*7-8H,(H2,3,5)(H2,4,6);. The van der Waals surface area contributed by atoms with E-state index in [0.29, 0.717) is 0 Å². The van der Waals surface area contributed by atoms with Crippen LogP contribution in [0.4, 0.5) is 0 Å². The third-order valence-electron chi connectivity index (χ3n) is 0.956. The van der Waals surface area contributed by atoms with Crippen LogP contribution in [0.2, 0.25) is 0 Å². The van der Waals surface area contributed by atoms with Gasteiger partial charge in [-0.3, -0.25) is 0 Å². The van der Waals surface area contributed by atoms with Gasteiger partial charge in [0.1, 0.15) is 0 Å². The SMILES string of the molecule is NC(=N\O)/C(N)=N/O.NC(=N\O)/C(N)=N/O.[Pt]. The number of oxime groups is 4. The molecule has 0 aromatic carbocycles. The van der Waals surface area contributed by atoms with Crippen molar-refractivity contribution in [3.05, 3.63) is 0 Å². The van der Waals surface area contributed by atoms with Gasteiger partial charge in [0, 0.05) is 21.1 Å². The van der Waals surface area contributed by atoms with Gasteiger partial charge in [-0.1, -0.05) is 20.6 Å². The molecule has 0 aliphatic carbocycles. The molecule has 0 amide bonds. The molecule has 17 heavy (non-hydrogen) atoms. The number of hydrogen-bond donors (Lipinski definition) is 8. The van der Waals surface area contributed by atoms with Crippen LogP contribution in [0.1, 0.15) is 0 Å². The molecule has 0 aliphatic heterocycles. The van der Waals surface area contributed by atoms with Crippen molar-refractivity contribution in [1.82, 2.24) is 0 Å². The summed E-state index contributed by atoms with van der Waals surface area (Å²) in [5.41, 5.74) is 19.2. The van der Waals surface area contributed by atoms with Crippen LogP contribution in [0, 0.1) is 0 Å². The predicted molar refractivity (Wildman–Crippen MR) is 53.6 cm³/mol. The van der Waals surface area contributed by atoms with Crippen molar-refractivity contribution in [3.8, 4) is 0 Å². The molecular weight excluding hydrogens is 419 g/mol. The van der Waals surface area contributed by atoms with Gasteiger partial charge >= 0.3 is 0 Å². The Morgan fingerprint density at radius 1 is 0.529 bits per heavy atom. The summed E-state index contributed by atoms with van der Waals surface area (Å²) in [7, 11) is 0. The number of amidine groups is 4. The summed E-state index contributed by atoms with van der Waals surface area (Å²) in [6, 6.07) is 0. The molecule has 102 valence electrons. The van der Waals surface area contributed by atoms with E-state index in [2.05, 4.69) is 20.6 Å². The second kappa shape index (κ2) is 11.8. The molecule has 0 rings (SSSR count). The van der Waals surface area contributed by atoms with Gasteiger partial charge in [0.2, 0.25) is 23.3 Å². The number of rotatable bonds is 0. The Hall–Kier alpha value is -2.23. The molecule has 0 aromatic rings. The largest absolute Gasteiger partial charge is 0.409 e. The van der Waals surface area contributed by atoms with Gasteiger partial charge in [-0.2, -0.15) is 0 Å². The van der Waals surface area contributed by atoms with Crippen LogP contribution in [0.15, 0.2) is 20.6 Å². The average molecular weight is 431 g/mol. The fourth-order valence-electron chi connectivity index (χ4n) is 0.205. The summed E-state index contributed by atoms with van der Waals surface area (Å²) in [5, 5.41) is 41.1. The minimum atomic E-state index is -0.410. The Kier molecular flexibility index (Phi) is 14.1. The van der Waals surface area contributed by atoms with Crippen LogP contribution in [0.5, 0.6) is 0 Å². The van der Waals surface area contributed by atoms with Crippen LogP contribution in [0.25, 0.3) is 0 Å². The second-order valence-electron chi connectivity index (χ2n) is 1.94. The molecule has 0 saturated heterocycles. The van der Waals surface area contributed by atoms with Crippen molar-refractivity contribution < 1.29 is 41.9 Å². The van der Waals surface area contributed by atoms with Crippen molar-refractivity contribution in [2.75, 3.05) is 0 Å². The van der Waals surface area contributed by atoms with Crippen molar-refractivity contribution in [1.29, 1.82) is 0 Å². The summed E-state index contributed by atoms with van der Waals surface area (Å²) >= 11 is 0. The molecule has 0 saturated carbocycles. The topological polar surface area (TPSA) is 234 Å². The minimum Gasteiger partial charge on any atom is -0.409 e. The van der Waals surface area contributed by atoms with Crippen molar-refractivity contribution in [2.45, 2.75) is 0 Å². The second-order valence-corrected chi connectivity index (χ2v) is 1.94. The molecular formula is C4H12N8O4Pt. The van der Waals surface area contributed by atoms with Gasteiger partial charge in [-0.25, -0.2) is 0 Å². The fraction of sp³-hybridized carbons (Fsp3) is 0. The van der Waals surface area contributed by atoms with E-state index in [0.717, 1.165) is 0 Å². The molecule has 0 heterocycles. The van der Waals surface area contributed by atoms with E-state index in [1.165, 1.54) is 0 Å². The van der Waals surface area contributed by atoms with Crippen LogP contribution in [-0.4, -0.2) is 44.2 Å². The van der Waals surface area contributed by atoms with Crippen LogP contribution >= 0.6 is 0 Å². The number of nitrogens with two attached hydrogens (primary N) is 4. The molecule has 0 spiro atoms. The zero-order valence-corrected chi connectivity index (χ0v) is 10.5. The predicted octanol–water partition coefficient (Wildman–Crippen LogP) is -3.04. The quantitative estimate of drug-likeness (QED) is 0.0847. The monoisotopic (exact) mass is 431 g/mol. The first kappa shape index (κ1) is 20.2. The molecule has 0 aromatic heterocycles.